The van der Waals surface area contributed by atoms with E-state index < -0.39 is 0 Å². The molecule has 1 aromatic carbocycles. The highest BCUT2D eigenvalue weighted by molar-refractivity contribution is 5.89. The predicted octanol–water partition coefficient (Wildman–Crippen LogP) is 1.88. The lowest BCUT2D eigenvalue weighted by Gasteiger charge is -2.09. The Labute approximate surface area is 116 Å². The van der Waals surface area contributed by atoms with Crippen molar-refractivity contribution in [2.75, 3.05) is 7.05 Å². The average Bonchev–Trinajstić information content (AvgIpc) is 2.87. The molecule has 0 aliphatic rings. The summed E-state index contributed by atoms with van der Waals surface area (Å²) in [6, 6.07) is 8.31. The molecule has 1 N–H and O–H groups in total. The smallest absolute Gasteiger partial charge is 0.342 e. The van der Waals surface area contributed by atoms with Gasteiger partial charge in [-0.3, -0.25) is 4.68 Å². The normalized spacial score (nSPS) is 10.9. The van der Waals surface area contributed by atoms with E-state index in [0.29, 0.717) is 11.9 Å². The highest BCUT2D eigenvalue weighted by Gasteiger charge is 2.10. The van der Waals surface area contributed by atoms with E-state index in [1.54, 1.807) is 18.1 Å². The fourth-order valence-electron chi connectivity index (χ4n) is 2.09. The van der Waals surface area contributed by atoms with E-state index in [4.69, 9.17) is 4.74 Å². The maximum absolute atomic E-state index is 5.67. The van der Waals surface area contributed by atoms with Crippen LogP contribution in [0.25, 0.3) is 10.8 Å². The molecule has 6 nitrogen and oxygen atoms in total. The molecule has 0 radical (unpaired) electrons. The first-order valence-corrected chi connectivity index (χ1v) is 6.32. The SMILES string of the molecule is CNCc1cnc(Oc2ncn(C)n2)c2ccccc12. The number of rotatable bonds is 4. The minimum absolute atomic E-state index is 0.298. The second kappa shape index (κ2) is 5.26. The number of aromatic nitrogens is 4. The predicted molar refractivity (Wildman–Crippen MR) is 75.6 cm³/mol. The maximum Gasteiger partial charge on any atom is 0.342 e. The summed E-state index contributed by atoms with van der Waals surface area (Å²) in [6.07, 6.45) is 3.41. The van der Waals surface area contributed by atoms with Crippen molar-refractivity contribution in [1.29, 1.82) is 0 Å². The Bertz CT molecular complexity index is 737. The highest BCUT2D eigenvalue weighted by atomic mass is 16.5. The molecule has 0 fully saturated rings. The summed E-state index contributed by atoms with van der Waals surface area (Å²) in [7, 11) is 3.71. The van der Waals surface area contributed by atoms with Gasteiger partial charge in [-0.15, -0.1) is 5.10 Å². The van der Waals surface area contributed by atoms with Gasteiger partial charge in [0.15, 0.2) is 0 Å². The lowest BCUT2D eigenvalue weighted by atomic mass is 10.1. The van der Waals surface area contributed by atoms with Crippen LogP contribution in [0.5, 0.6) is 11.9 Å². The van der Waals surface area contributed by atoms with Crippen molar-refractivity contribution in [3.8, 4) is 11.9 Å². The zero-order valence-corrected chi connectivity index (χ0v) is 11.4. The van der Waals surface area contributed by atoms with Crippen molar-refractivity contribution in [3.05, 3.63) is 42.4 Å². The van der Waals surface area contributed by atoms with E-state index in [1.165, 1.54) is 0 Å². The third-order valence-electron chi connectivity index (χ3n) is 2.97. The second-order valence-electron chi connectivity index (χ2n) is 4.47. The molecular formula is C14H15N5O. The van der Waals surface area contributed by atoms with Crippen LogP contribution in [0.1, 0.15) is 5.56 Å². The monoisotopic (exact) mass is 269 g/mol. The number of nitrogens with zero attached hydrogens (tertiary/aromatic N) is 4. The Morgan fingerprint density at radius 3 is 2.70 bits per heavy atom. The van der Waals surface area contributed by atoms with Gasteiger partial charge in [0.2, 0.25) is 5.88 Å². The summed E-state index contributed by atoms with van der Waals surface area (Å²) in [5, 5.41) is 9.31. The first kappa shape index (κ1) is 12.6. The van der Waals surface area contributed by atoms with Crippen LogP contribution in [0, 0.1) is 0 Å². The minimum Gasteiger partial charge on any atom is -0.403 e. The maximum atomic E-state index is 5.67. The van der Waals surface area contributed by atoms with Crippen LogP contribution >= 0.6 is 0 Å². The summed E-state index contributed by atoms with van der Waals surface area (Å²) in [5.74, 6) is 0.520. The summed E-state index contributed by atoms with van der Waals surface area (Å²) in [5.41, 5.74) is 1.13. The van der Waals surface area contributed by atoms with E-state index >= 15 is 0 Å². The van der Waals surface area contributed by atoms with Gasteiger partial charge in [-0.25, -0.2) is 4.98 Å². The molecule has 2 heterocycles. The Kier molecular flexibility index (Phi) is 3.30. The first-order valence-electron chi connectivity index (χ1n) is 6.32. The summed E-state index contributed by atoms with van der Waals surface area (Å²) in [4.78, 5) is 8.43. The molecule has 102 valence electrons. The van der Waals surface area contributed by atoms with Gasteiger partial charge in [-0.2, -0.15) is 4.98 Å². The molecule has 0 aliphatic carbocycles. The molecule has 3 aromatic rings. The number of aryl methyl sites for hydroxylation is 1. The minimum atomic E-state index is 0.298. The molecule has 2 aromatic heterocycles. The molecule has 0 atom stereocenters. The van der Waals surface area contributed by atoms with E-state index in [2.05, 4.69) is 26.4 Å². The van der Waals surface area contributed by atoms with Gasteiger partial charge in [-0.05, 0) is 24.1 Å². The Morgan fingerprint density at radius 2 is 2.00 bits per heavy atom. The molecule has 0 unspecified atom stereocenters. The standard InChI is InChI=1S/C14H15N5O/c1-15-7-10-8-16-13(12-6-4-3-5-11(10)12)20-14-17-9-19(2)18-14/h3-6,8-9,15H,7H2,1-2H3. The number of hydrogen-bond acceptors (Lipinski definition) is 5. The molecule has 6 heteroatoms. The van der Waals surface area contributed by atoms with Crippen LogP contribution in [0.15, 0.2) is 36.8 Å². The first-order chi connectivity index (χ1) is 9.78. The highest BCUT2D eigenvalue weighted by Crippen LogP contribution is 2.28. The fraction of sp³-hybridized carbons (Fsp3) is 0.214. The average molecular weight is 269 g/mol. The van der Waals surface area contributed by atoms with Crippen molar-refractivity contribution in [2.24, 2.45) is 7.05 Å². The second-order valence-corrected chi connectivity index (χ2v) is 4.47. The lowest BCUT2D eigenvalue weighted by Crippen LogP contribution is -2.06. The van der Waals surface area contributed by atoms with Crippen LogP contribution < -0.4 is 10.1 Å². The zero-order chi connectivity index (χ0) is 13.9. The van der Waals surface area contributed by atoms with Crippen LogP contribution in [-0.2, 0) is 13.6 Å². The fourth-order valence-corrected chi connectivity index (χ4v) is 2.09. The third-order valence-corrected chi connectivity index (χ3v) is 2.97. The Morgan fingerprint density at radius 1 is 1.20 bits per heavy atom. The lowest BCUT2D eigenvalue weighted by molar-refractivity contribution is 0.427. The van der Waals surface area contributed by atoms with Crippen LogP contribution in [0.4, 0.5) is 0 Å². The molecule has 0 saturated heterocycles. The topological polar surface area (TPSA) is 64.9 Å². The molecular weight excluding hydrogens is 254 g/mol. The van der Waals surface area contributed by atoms with Crippen molar-refractivity contribution in [2.45, 2.75) is 6.54 Å². The molecule has 0 spiro atoms. The van der Waals surface area contributed by atoms with E-state index in [-0.39, 0.29) is 0 Å². The van der Waals surface area contributed by atoms with Gasteiger partial charge in [-0.1, -0.05) is 18.2 Å². The van der Waals surface area contributed by atoms with Gasteiger partial charge < -0.3 is 10.1 Å². The van der Waals surface area contributed by atoms with Crippen LogP contribution in [0.2, 0.25) is 0 Å². The van der Waals surface area contributed by atoms with Crippen LogP contribution in [-0.4, -0.2) is 26.8 Å². The molecule has 3 rings (SSSR count). The number of nitrogens with one attached hydrogen (secondary N) is 1. The third kappa shape index (κ3) is 2.33. The zero-order valence-electron chi connectivity index (χ0n) is 11.4. The Hall–Kier alpha value is -2.47. The number of fused-ring (bicyclic) bond motifs is 1. The largest absolute Gasteiger partial charge is 0.403 e. The van der Waals surface area contributed by atoms with Gasteiger partial charge in [0, 0.05) is 25.2 Å². The number of benzene rings is 1. The number of hydrogen-bond donors (Lipinski definition) is 1. The Balaban J connectivity index is 2.05. The summed E-state index contributed by atoms with van der Waals surface area (Å²) in [6.45, 7) is 0.760. The molecule has 0 bridgehead atoms. The van der Waals surface area contributed by atoms with Gasteiger partial charge in [0.25, 0.3) is 0 Å². The van der Waals surface area contributed by atoms with Crippen molar-refractivity contribution in [1.82, 2.24) is 25.1 Å². The molecule has 0 aliphatic heterocycles. The van der Waals surface area contributed by atoms with E-state index in [0.717, 1.165) is 22.9 Å². The molecule has 20 heavy (non-hydrogen) atoms. The van der Waals surface area contributed by atoms with Crippen LogP contribution in [0.3, 0.4) is 0 Å². The van der Waals surface area contributed by atoms with Crippen molar-refractivity contribution < 1.29 is 4.74 Å². The summed E-state index contributed by atoms with van der Waals surface area (Å²) < 4.78 is 7.26. The van der Waals surface area contributed by atoms with Crippen molar-refractivity contribution >= 4 is 10.8 Å². The number of ether oxygens (including phenoxy) is 1. The van der Waals surface area contributed by atoms with Gasteiger partial charge in [0.05, 0.1) is 0 Å². The quantitative estimate of drug-likeness (QED) is 0.783. The summed E-state index contributed by atoms with van der Waals surface area (Å²) >= 11 is 0. The van der Waals surface area contributed by atoms with Gasteiger partial charge >= 0.3 is 6.01 Å². The molecule has 0 amide bonds. The molecule has 0 saturated carbocycles. The van der Waals surface area contributed by atoms with Gasteiger partial charge in [0.1, 0.15) is 6.33 Å². The van der Waals surface area contributed by atoms with Crippen molar-refractivity contribution in [3.63, 3.8) is 0 Å². The van der Waals surface area contributed by atoms with E-state index in [1.807, 2.05) is 31.4 Å². The van der Waals surface area contributed by atoms with E-state index in [9.17, 15) is 0 Å². The number of pyridine rings is 1.